The molecule has 3 aliphatic rings. The average Bonchev–Trinajstić information content (AvgIpc) is 3.19. The summed E-state index contributed by atoms with van der Waals surface area (Å²) in [6, 6.07) is 7.86. The quantitative estimate of drug-likeness (QED) is 0.842. The third kappa shape index (κ3) is 2.26. The molecule has 5 nitrogen and oxygen atoms in total. The lowest BCUT2D eigenvalue weighted by Crippen LogP contribution is -2.45. The maximum atomic E-state index is 12.8. The van der Waals surface area contributed by atoms with Gasteiger partial charge in [0.1, 0.15) is 6.29 Å². The van der Waals surface area contributed by atoms with Crippen LogP contribution in [0.3, 0.4) is 0 Å². The molecule has 5 heteroatoms. The van der Waals surface area contributed by atoms with Crippen molar-refractivity contribution in [2.24, 2.45) is 5.92 Å². The van der Waals surface area contributed by atoms with E-state index in [0.29, 0.717) is 19.8 Å². The Kier molecular flexibility index (Phi) is 3.60. The van der Waals surface area contributed by atoms with Crippen LogP contribution in [0, 0.1) is 5.92 Å². The van der Waals surface area contributed by atoms with Crippen molar-refractivity contribution in [3.05, 3.63) is 29.8 Å². The molecule has 3 heterocycles. The number of para-hydroxylation sites is 1. The van der Waals surface area contributed by atoms with Crippen molar-refractivity contribution in [1.82, 2.24) is 4.90 Å². The third-order valence-electron chi connectivity index (χ3n) is 5.69. The van der Waals surface area contributed by atoms with Gasteiger partial charge in [0.15, 0.2) is 0 Å². The van der Waals surface area contributed by atoms with Crippen LogP contribution in [0.1, 0.15) is 24.8 Å². The van der Waals surface area contributed by atoms with Gasteiger partial charge < -0.3 is 19.7 Å². The summed E-state index contributed by atoms with van der Waals surface area (Å²) in [7, 11) is 0. The van der Waals surface area contributed by atoms with Crippen molar-refractivity contribution in [3.63, 3.8) is 0 Å². The molecule has 23 heavy (non-hydrogen) atoms. The zero-order chi connectivity index (χ0) is 15.9. The number of amides is 1. The van der Waals surface area contributed by atoms with Crippen LogP contribution >= 0.6 is 0 Å². The predicted octanol–water partition coefficient (Wildman–Crippen LogP) is 1.58. The monoisotopic (exact) mass is 314 g/mol. The van der Waals surface area contributed by atoms with Crippen molar-refractivity contribution in [2.75, 3.05) is 31.6 Å². The molecule has 2 atom stereocenters. The van der Waals surface area contributed by atoms with Crippen molar-refractivity contribution in [3.8, 4) is 0 Å². The van der Waals surface area contributed by atoms with Gasteiger partial charge in [0.25, 0.3) is 0 Å². The maximum Gasteiger partial charge on any atom is 0.225 e. The first-order valence-electron chi connectivity index (χ1n) is 8.42. The standard InChI is InChI=1S/C18H22N2O3/c21-11-16-18(14-3-1-2-4-15(14)19-16)7-8-20(12-18)17(22)13-5-9-23-10-6-13/h1-4,11,13,16,19H,5-10,12H2. The van der Waals surface area contributed by atoms with Crippen molar-refractivity contribution < 1.29 is 14.3 Å². The smallest absolute Gasteiger partial charge is 0.225 e. The highest BCUT2D eigenvalue weighted by Gasteiger charge is 2.52. The SMILES string of the molecule is O=CC1Nc2ccccc2C12CCN(C(=O)C1CCOCC1)C2. The second-order valence-corrected chi connectivity index (χ2v) is 6.86. The number of benzene rings is 1. The molecule has 1 aromatic carbocycles. The molecule has 1 amide bonds. The summed E-state index contributed by atoms with van der Waals surface area (Å²) in [6.07, 6.45) is 3.47. The van der Waals surface area contributed by atoms with E-state index in [1.807, 2.05) is 23.1 Å². The Morgan fingerprint density at radius 3 is 2.87 bits per heavy atom. The van der Waals surface area contributed by atoms with Crippen molar-refractivity contribution in [2.45, 2.75) is 30.7 Å². The van der Waals surface area contributed by atoms with Crippen LogP contribution in [-0.4, -0.2) is 49.4 Å². The number of rotatable bonds is 2. The summed E-state index contributed by atoms with van der Waals surface area (Å²) < 4.78 is 5.36. The van der Waals surface area contributed by atoms with Gasteiger partial charge in [0.05, 0.1) is 6.04 Å². The summed E-state index contributed by atoms with van der Waals surface area (Å²) in [6.45, 7) is 2.72. The molecule has 1 aromatic rings. The molecular weight excluding hydrogens is 292 g/mol. The fourth-order valence-electron chi connectivity index (χ4n) is 4.38. The van der Waals surface area contributed by atoms with Gasteiger partial charge in [0.2, 0.25) is 5.91 Å². The molecule has 0 radical (unpaired) electrons. The minimum atomic E-state index is -0.265. The lowest BCUT2D eigenvalue weighted by molar-refractivity contribution is -0.137. The largest absolute Gasteiger partial charge is 0.381 e. The second kappa shape index (κ2) is 5.64. The minimum Gasteiger partial charge on any atom is -0.381 e. The van der Waals surface area contributed by atoms with E-state index in [9.17, 15) is 9.59 Å². The van der Waals surface area contributed by atoms with Crippen LogP contribution in [-0.2, 0) is 19.7 Å². The lowest BCUT2D eigenvalue weighted by atomic mass is 9.76. The molecule has 0 saturated carbocycles. The Labute approximate surface area is 136 Å². The van der Waals surface area contributed by atoms with Gasteiger partial charge in [-0.05, 0) is 30.9 Å². The summed E-state index contributed by atoms with van der Waals surface area (Å²) in [5.74, 6) is 0.317. The first-order chi connectivity index (χ1) is 11.2. The van der Waals surface area contributed by atoms with Crippen LogP contribution < -0.4 is 5.32 Å². The van der Waals surface area contributed by atoms with E-state index in [2.05, 4.69) is 11.4 Å². The van der Waals surface area contributed by atoms with Crippen LogP contribution in [0.15, 0.2) is 24.3 Å². The number of carbonyl (C=O) groups excluding carboxylic acids is 2. The van der Waals surface area contributed by atoms with E-state index in [-0.39, 0.29) is 23.3 Å². The van der Waals surface area contributed by atoms with E-state index in [1.165, 1.54) is 5.56 Å². The van der Waals surface area contributed by atoms with Crippen molar-refractivity contribution >= 4 is 17.9 Å². The topological polar surface area (TPSA) is 58.6 Å². The van der Waals surface area contributed by atoms with Gasteiger partial charge in [-0.25, -0.2) is 0 Å². The van der Waals surface area contributed by atoms with Crippen molar-refractivity contribution in [1.29, 1.82) is 0 Å². The highest BCUT2D eigenvalue weighted by Crippen LogP contribution is 2.46. The third-order valence-corrected chi connectivity index (χ3v) is 5.69. The molecule has 4 rings (SSSR count). The normalized spacial score (nSPS) is 30.3. The summed E-state index contributed by atoms with van der Waals surface area (Å²) >= 11 is 0. The minimum absolute atomic E-state index is 0.0817. The number of hydrogen-bond acceptors (Lipinski definition) is 4. The number of likely N-dealkylation sites (tertiary alicyclic amines) is 1. The van der Waals surface area contributed by atoms with Gasteiger partial charge >= 0.3 is 0 Å². The molecule has 0 bridgehead atoms. The Bertz CT molecular complexity index is 626. The molecule has 3 aliphatic heterocycles. The molecule has 2 unspecified atom stereocenters. The van der Waals surface area contributed by atoms with Gasteiger partial charge in [-0.2, -0.15) is 0 Å². The lowest BCUT2D eigenvalue weighted by Gasteiger charge is -2.30. The van der Waals surface area contributed by atoms with Gasteiger partial charge in [-0.3, -0.25) is 4.79 Å². The van der Waals surface area contributed by atoms with Crippen LogP contribution in [0.2, 0.25) is 0 Å². The number of nitrogens with zero attached hydrogens (tertiary/aromatic N) is 1. The molecule has 0 aliphatic carbocycles. The maximum absolute atomic E-state index is 12.8. The van der Waals surface area contributed by atoms with E-state index in [0.717, 1.165) is 37.8 Å². The van der Waals surface area contributed by atoms with E-state index >= 15 is 0 Å². The molecule has 2 saturated heterocycles. The first kappa shape index (κ1) is 14.7. The predicted molar refractivity (Wildman–Crippen MR) is 86.3 cm³/mol. The molecular formula is C18H22N2O3. The van der Waals surface area contributed by atoms with Gasteiger partial charge in [-0.15, -0.1) is 0 Å². The Morgan fingerprint density at radius 1 is 1.30 bits per heavy atom. The second-order valence-electron chi connectivity index (χ2n) is 6.86. The van der Waals surface area contributed by atoms with Gasteiger partial charge in [-0.1, -0.05) is 18.2 Å². The molecule has 1 N–H and O–H groups in total. The molecule has 2 fully saturated rings. The Hall–Kier alpha value is -1.88. The fourth-order valence-corrected chi connectivity index (χ4v) is 4.38. The first-order valence-corrected chi connectivity index (χ1v) is 8.42. The zero-order valence-electron chi connectivity index (χ0n) is 13.2. The van der Waals surface area contributed by atoms with E-state index in [1.54, 1.807) is 0 Å². The molecule has 1 spiro atoms. The fraction of sp³-hybridized carbons (Fsp3) is 0.556. The van der Waals surface area contributed by atoms with E-state index in [4.69, 9.17) is 4.74 Å². The zero-order valence-corrected chi connectivity index (χ0v) is 13.2. The number of ether oxygens (including phenoxy) is 1. The number of fused-ring (bicyclic) bond motifs is 2. The number of nitrogens with one attached hydrogen (secondary N) is 1. The van der Waals surface area contributed by atoms with E-state index < -0.39 is 0 Å². The molecule has 0 aromatic heterocycles. The van der Waals surface area contributed by atoms with Gasteiger partial charge in [0, 0.05) is 43.3 Å². The Morgan fingerprint density at radius 2 is 2.09 bits per heavy atom. The highest BCUT2D eigenvalue weighted by molar-refractivity contribution is 5.82. The van der Waals surface area contributed by atoms with Crippen LogP contribution in [0.5, 0.6) is 0 Å². The summed E-state index contributed by atoms with van der Waals surface area (Å²) in [5.41, 5.74) is 1.95. The number of carbonyl (C=O) groups is 2. The highest BCUT2D eigenvalue weighted by atomic mass is 16.5. The molecule has 122 valence electrons. The summed E-state index contributed by atoms with van der Waals surface area (Å²) in [4.78, 5) is 26.4. The summed E-state index contributed by atoms with van der Waals surface area (Å²) in [5, 5.41) is 3.33. The average molecular weight is 314 g/mol. The number of anilines is 1. The van der Waals surface area contributed by atoms with Crippen LogP contribution in [0.4, 0.5) is 5.69 Å². The number of aldehydes is 1. The van der Waals surface area contributed by atoms with Crippen LogP contribution in [0.25, 0.3) is 0 Å². The number of hydrogen-bond donors (Lipinski definition) is 1. The Balaban J connectivity index is 1.58.